The van der Waals surface area contributed by atoms with Crippen molar-refractivity contribution in [2.24, 2.45) is 5.92 Å². The summed E-state index contributed by atoms with van der Waals surface area (Å²) >= 11 is 0. The molecule has 1 spiro atoms. The number of benzene rings is 1. The van der Waals surface area contributed by atoms with Crippen LogP contribution in [-0.2, 0) is 11.8 Å². The highest BCUT2D eigenvalue weighted by molar-refractivity contribution is 5.62. The SMILES string of the molecule is [2H]OC1([2H])C=C[C@H]2[C@H]3Cc4ccc(OC([2H])([2H])[2H])c5c4[C@@]2(CCN3C([2H])([2H])[2H])C1O5. The van der Waals surface area contributed by atoms with Crippen molar-refractivity contribution in [3.05, 3.63) is 35.4 Å². The molecule has 1 N–H and O–H groups in total. The van der Waals surface area contributed by atoms with Gasteiger partial charge in [0.25, 0.3) is 0 Å². The van der Waals surface area contributed by atoms with Crippen LogP contribution in [0.1, 0.15) is 27.1 Å². The first-order valence-corrected chi connectivity index (χ1v) is 7.53. The van der Waals surface area contributed by atoms with Crippen molar-refractivity contribution >= 4 is 0 Å². The maximum Gasteiger partial charge on any atom is 0.211 e. The number of aliphatic hydroxyl groups is 1. The van der Waals surface area contributed by atoms with Gasteiger partial charge in [0.05, 0.1) is 12.5 Å². The number of ether oxygens (including phenoxy) is 2. The minimum atomic E-state index is -2.68. The van der Waals surface area contributed by atoms with Crippen LogP contribution in [0, 0.1) is 5.92 Å². The number of hydrogen-bond acceptors (Lipinski definition) is 4. The van der Waals surface area contributed by atoms with Gasteiger partial charge in [0, 0.05) is 27.1 Å². The van der Waals surface area contributed by atoms with Crippen LogP contribution in [0.25, 0.3) is 0 Å². The maximum absolute atomic E-state index is 8.70. The van der Waals surface area contributed by atoms with Gasteiger partial charge in [-0.2, -0.15) is 0 Å². The Kier molecular flexibility index (Phi) is 1.36. The predicted molar refractivity (Wildman–Crippen MR) is 82.5 cm³/mol. The Hall–Kier alpha value is -1.52. The molecule has 1 aromatic carbocycles. The Balaban J connectivity index is 1.73. The molecule has 4 heteroatoms. The monoisotopic (exact) mass is 307 g/mol. The number of methoxy groups -OCH3 is 1. The largest absolute Gasteiger partial charge is 0.493 e. The summed E-state index contributed by atoms with van der Waals surface area (Å²) in [6, 6.07) is 2.94. The third kappa shape index (κ3) is 1.28. The lowest BCUT2D eigenvalue weighted by atomic mass is 9.53. The smallest absolute Gasteiger partial charge is 0.211 e. The Labute approximate surface area is 141 Å². The van der Waals surface area contributed by atoms with E-state index in [0.717, 1.165) is 11.1 Å². The van der Waals surface area contributed by atoms with Gasteiger partial charge in [0.15, 0.2) is 11.5 Å². The van der Waals surface area contributed by atoms with E-state index in [1.165, 1.54) is 17.0 Å². The van der Waals surface area contributed by atoms with Crippen molar-refractivity contribution in [3.8, 4) is 11.5 Å². The summed E-state index contributed by atoms with van der Waals surface area (Å²) in [6.07, 6.45) is 1.32. The van der Waals surface area contributed by atoms with Crippen LogP contribution in [0.5, 0.6) is 11.5 Å². The molecule has 1 fully saturated rings. The zero-order valence-corrected chi connectivity index (χ0v) is 11.8. The quantitative estimate of drug-likeness (QED) is 0.841. The van der Waals surface area contributed by atoms with Crippen LogP contribution in [0.3, 0.4) is 0 Å². The van der Waals surface area contributed by atoms with Crippen molar-refractivity contribution in [2.75, 3.05) is 20.6 Å². The van der Waals surface area contributed by atoms with Crippen LogP contribution in [0.4, 0.5) is 0 Å². The minimum Gasteiger partial charge on any atom is -0.493 e. The fourth-order valence-electron chi connectivity index (χ4n) is 4.97. The molecule has 0 radical (unpaired) electrons. The lowest BCUT2D eigenvalue weighted by molar-refractivity contribution is -0.0453. The third-order valence-corrected chi connectivity index (χ3v) is 5.82. The van der Waals surface area contributed by atoms with Crippen LogP contribution >= 0.6 is 0 Å². The summed E-state index contributed by atoms with van der Waals surface area (Å²) in [5.41, 5.74) is 0.822. The van der Waals surface area contributed by atoms with Crippen molar-refractivity contribution in [3.63, 3.8) is 0 Å². The molecule has 2 bridgehead atoms. The van der Waals surface area contributed by atoms with Crippen LogP contribution in [0.15, 0.2) is 24.3 Å². The van der Waals surface area contributed by atoms with Crippen molar-refractivity contribution in [1.82, 2.24) is 4.90 Å². The lowest BCUT2D eigenvalue weighted by Gasteiger charge is -2.56. The molecule has 5 atom stereocenters. The summed E-state index contributed by atoms with van der Waals surface area (Å²) in [4.78, 5) is 1.52. The molecule has 4 nitrogen and oxygen atoms in total. The van der Waals surface area contributed by atoms with Gasteiger partial charge in [0.1, 0.15) is 12.2 Å². The number of likely N-dealkylation sites (tertiary alicyclic amines) is 1. The third-order valence-electron chi connectivity index (χ3n) is 5.82. The highest BCUT2D eigenvalue weighted by atomic mass is 16.5. The molecule has 116 valence electrons. The number of piperidine rings is 1. The van der Waals surface area contributed by atoms with Crippen molar-refractivity contribution in [2.45, 2.75) is 36.5 Å². The van der Waals surface area contributed by atoms with Crippen LogP contribution in [-0.4, -0.2) is 50.2 Å². The Morgan fingerprint density at radius 2 is 2.55 bits per heavy atom. The molecule has 1 saturated heterocycles. The molecular formula is C18H21NO3. The minimum absolute atomic E-state index is 0.0558. The first-order chi connectivity index (χ1) is 13.9. The van der Waals surface area contributed by atoms with E-state index in [0.29, 0.717) is 12.8 Å². The molecule has 2 aliphatic heterocycles. The lowest BCUT2D eigenvalue weighted by Crippen LogP contribution is -2.64. The van der Waals surface area contributed by atoms with Gasteiger partial charge >= 0.3 is 0 Å². The normalized spacial score (nSPS) is 50.8. The zero-order valence-electron chi connectivity index (χ0n) is 19.8. The van der Waals surface area contributed by atoms with E-state index in [-0.39, 0.29) is 30.0 Å². The molecule has 4 aliphatic rings. The van der Waals surface area contributed by atoms with E-state index in [2.05, 4.69) is 0 Å². The number of rotatable bonds is 2. The van der Waals surface area contributed by atoms with Crippen molar-refractivity contribution < 1.29 is 24.2 Å². The number of hydrogen-bond donors (Lipinski definition) is 1. The van der Waals surface area contributed by atoms with Crippen LogP contribution in [0.2, 0.25) is 0 Å². The Morgan fingerprint density at radius 3 is 3.41 bits per heavy atom. The fourth-order valence-corrected chi connectivity index (χ4v) is 4.97. The molecule has 5 rings (SSSR count). The zero-order chi connectivity index (χ0) is 21.7. The molecule has 0 saturated carbocycles. The molecule has 1 aromatic rings. The van der Waals surface area contributed by atoms with E-state index in [9.17, 15) is 0 Å². The van der Waals surface area contributed by atoms with Crippen LogP contribution < -0.4 is 9.47 Å². The first-order valence-electron chi connectivity index (χ1n) is 11.4. The first kappa shape index (κ1) is 7.37. The molecule has 22 heavy (non-hydrogen) atoms. The van der Waals surface area contributed by atoms with Crippen molar-refractivity contribution in [1.29, 1.82) is 1.43 Å². The molecule has 2 aliphatic carbocycles. The second-order valence-corrected chi connectivity index (χ2v) is 6.57. The highest BCUT2D eigenvalue weighted by Gasteiger charge is 2.64. The predicted octanol–water partition coefficient (Wildman–Crippen LogP) is 1.50. The molecular weight excluding hydrogens is 278 g/mol. The average molecular weight is 307 g/mol. The second-order valence-electron chi connectivity index (χ2n) is 6.57. The molecule has 2 unspecified atom stereocenters. The molecule has 0 amide bonds. The highest BCUT2D eigenvalue weighted by Crippen LogP contribution is 2.62. The Morgan fingerprint density at radius 1 is 1.55 bits per heavy atom. The topological polar surface area (TPSA) is 41.9 Å². The summed E-state index contributed by atoms with van der Waals surface area (Å²) in [5.74, 6) is 0.0409. The maximum atomic E-state index is 8.70. The summed E-state index contributed by atoms with van der Waals surface area (Å²) < 4.78 is 73.9. The van der Waals surface area contributed by atoms with Gasteiger partial charge in [-0.05, 0) is 38.0 Å². The van der Waals surface area contributed by atoms with E-state index < -0.39 is 31.6 Å². The Bertz CT molecular complexity index is 931. The van der Waals surface area contributed by atoms with Gasteiger partial charge in [-0.3, -0.25) is 0 Å². The van der Waals surface area contributed by atoms with E-state index >= 15 is 0 Å². The average Bonchev–Trinajstić information content (AvgIpc) is 2.98. The second kappa shape index (κ2) is 4.06. The van der Waals surface area contributed by atoms with Gasteiger partial charge in [-0.1, -0.05) is 18.2 Å². The van der Waals surface area contributed by atoms with E-state index in [4.69, 9.17) is 25.6 Å². The van der Waals surface area contributed by atoms with E-state index in [1.54, 1.807) is 12.1 Å². The van der Waals surface area contributed by atoms with Gasteiger partial charge in [-0.25, -0.2) is 0 Å². The van der Waals surface area contributed by atoms with E-state index in [1.807, 2.05) is 0 Å². The summed E-state index contributed by atoms with van der Waals surface area (Å²) in [7, 11) is -2.68. The standard InChI is InChI=1S/C18H21NO3/c1-19-8-7-18-11-4-5-13(20)17(18)22-16-14(21-2)6-3-10(15(16)18)9-12(11)19/h3-6,11-13,17,20H,7-9H2,1-2H3/t11-,12+,13?,17?,18-/m0/s1/i1D3,2D3,13D,20D. The fraction of sp³-hybridized carbons (Fsp3) is 0.556. The summed E-state index contributed by atoms with van der Waals surface area (Å²) in [6.45, 7) is -2.00. The van der Waals surface area contributed by atoms with Gasteiger partial charge in [0.2, 0.25) is 1.43 Å². The van der Waals surface area contributed by atoms with Gasteiger partial charge in [-0.15, -0.1) is 0 Å². The molecule has 2 heterocycles. The van der Waals surface area contributed by atoms with Gasteiger partial charge < -0.3 is 19.5 Å². The number of nitrogens with zero attached hydrogens (tertiary/aromatic N) is 1. The molecule has 0 aromatic heterocycles. The number of likely N-dealkylation sites (N-methyl/N-ethyl adjacent to an activating group) is 1. The summed E-state index contributed by atoms with van der Waals surface area (Å²) in [5, 5.41) is 4.79.